The molecular formula is C19H24N2OS. The highest BCUT2D eigenvalue weighted by molar-refractivity contribution is 7.84. The molecule has 0 amide bonds. The molecule has 1 aliphatic heterocycles. The van der Waals surface area contributed by atoms with Gasteiger partial charge in [-0.25, -0.2) is 0 Å². The summed E-state index contributed by atoms with van der Waals surface area (Å²) in [6.07, 6.45) is 2.87. The SMILES string of the molecule is C[C@@H]1C[C@@H](NCc2ccc([S@](C)=O)cc2)CN1c1ccccc1. The molecule has 23 heavy (non-hydrogen) atoms. The van der Waals surface area contributed by atoms with Crippen molar-refractivity contribution in [3.8, 4) is 0 Å². The van der Waals surface area contributed by atoms with Gasteiger partial charge in [0.2, 0.25) is 0 Å². The smallest absolute Gasteiger partial charge is 0.0498 e. The predicted octanol–water partition coefficient (Wildman–Crippen LogP) is 3.18. The number of anilines is 1. The Morgan fingerprint density at radius 2 is 1.83 bits per heavy atom. The highest BCUT2D eigenvalue weighted by atomic mass is 32.2. The summed E-state index contributed by atoms with van der Waals surface area (Å²) >= 11 is 0. The van der Waals surface area contributed by atoms with Crippen LogP contribution in [0.5, 0.6) is 0 Å². The van der Waals surface area contributed by atoms with Gasteiger partial charge in [-0.2, -0.15) is 0 Å². The average Bonchev–Trinajstić information content (AvgIpc) is 2.95. The molecule has 1 heterocycles. The maximum absolute atomic E-state index is 11.4. The van der Waals surface area contributed by atoms with E-state index < -0.39 is 10.8 Å². The maximum atomic E-state index is 11.4. The van der Waals surface area contributed by atoms with Crippen molar-refractivity contribution in [3.63, 3.8) is 0 Å². The summed E-state index contributed by atoms with van der Waals surface area (Å²) < 4.78 is 11.4. The standard InChI is InChI=1S/C19H24N2OS/c1-15-12-17(14-21(15)18-6-4-3-5-7-18)20-13-16-8-10-19(11-9-16)23(2)22/h3-11,15,17,20H,12-14H2,1-2H3/t15-,17-,23+/m1/s1. The van der Waals surface area contributed by atoms with Crippen LogP contribution in [-0.4, -0.2) is 29.1 Å². The Bertz CT molecular complexity index is 657. The Morgan fingerprint density at radius 3 is 2.48 bits per heavy atom. The Morgan fingerprint density at radius 1 is 1.13 bits per heavy atom. The van der Waals surface area contributed by atoms with E-state index in [4.69, 9.17) is 0 Å². The molecule has 122 valence electrons. The molecule has 0 unspecified atom stereocenters. The topological polar surface area (TPSA) is 32.3 Å². The zero-order chi connectivity index (χ0) is 16.2. The van der Waals surface area contributed by atoms with E-state index in [2.05, 4.69) is 59.6 Å². The minimum absolute atomic E-state index is 0.505. The second kappa shape index (κ2) is 7.28. The van der Waals surface area contributed by atoms with Gasteiger partial charge in [-0.3, -0.25) is 4.21 Å². The highest BCUT2D eigenvalue weighted by Crippen LogP contribution is 2.25. The molecule has 3 atom stereocenters. The van der Waals surface area contributed by atoms with Crippen LogP contribution >= 0.6 is 0 Å². The quantitative estimate of drug-likeness (QED) is 0.915. The Balaban J connectivity index is 1.56. The number of hydrogen-bond donors (Lipinski definition) is 1. The number of nitrogens with zero attached hydrogens (tertiary/aromatic N) is 1. The monoisotopic (exact) mass is 328 g/mol. The number of rotatable bonds is 5. The number of benzene rings is 2. The zero-order valence-corrected chi connectivity index (χ0v) is 14.6. The minimum atomic E-state index is -0.901. The molecule has 0 aromatic heterocycles. The first kappa shape index (κ1) is 16.2. The van der Waals surface area contributed by atoms with Gasteiger partial charge >= 0.3 is 0 Å². The first-order valence-corrected chi connectivity index (χ1v) is 9.67. The van der Waals surface area contributed by atoms with Crippen LogP contribution < -0.4 is 10.2 Å². The van der Waals surface area contributed by atoms with E-state index in [1.807, 2.05) is 12.1 Å². The molecule has 0 saturated carbocycles. The molecule has 1 N–H and O–H groups in total. The van der Waals surface area contributed by atoms with Gasteiger partial charge in [0.05, 0.1) is 0 Å². The van der Waals surface area contributed by atoms with Crippen LogP contribution in [0.2, 0.25) is 0 Å². The van der Waals surface area contributed by atoms with Crippen molar-refractivity contribution < 1.29 is 4.21 Å². The number of nitrogens with one attached hydrogen (secondary N) is 1. The summed E-state index contributed by atoms with van der Waals surface area (Å²) in [4.78, 5) is 3.36. The Kier molecular flexibility index (Phi) is 5.13. The first-order chi connectivity index (χ1) is 11.1. The molecule has 0 spiro atoms. The van der Waals surface area contributed by atoms with Gasteiger partial charge in [-0.15, -0.1) is 0 Å². The fourth-order valence-electron chi connectivity index (χ4n) is 3.22. The van der Waals surface area contributed by atoms with E-state index >= 15 is 0 Å². The van der Waals surface area contributed by atoms with Crippen LogP contribution in [0.25, 0.3) is 0 Å². The molecular weight excluding hydrogens is 304 g/mol. The molecule has 0 bridgehead atoms. The molecule has 1 aliphatic rings. The molecule has 4 heteroatoms. The van der Waals surface area contributed by atoms with Crippen LogP contribution in [-0.2, 0) is 17.3 Å². The van der Waals surface area contributed by atoms with Crippen molar-refractivity contribution in [2.75, 3.05) is 17.7 Å². The first-order valence-electron chi connectivity index (χ1n) is 8.11. The third-order valence-electron chi connectivity index (χ3n) is 4.51. The third kappa shape index (κ3) is 4.01. The largest absolute Gasteiger partial charge is 0.367 e. The van der Waals surface area contributed by atoms with Crippen molar-refractivity contribution in [1.82, 2.24) is 5.32 Å². The second-order valence-electron chi connectivity index (χ2n) is 6.25. The van der Waals surface area contributed by atoms with E-state index in [0.717, 1.165) is 24.4 Å². The molecule has 1 fully saturated rings. The van der Waals surface area contributed by atoms with Crippen molar-refractivity contribution in [2.24, 2.45) is 0 Å². The molecule has 3 rings (SSSR count). The summed E-state index contributed by atoms with van der Waals surface area (Å²) in [6, 6.07) is 19.7. The maximum Gasteiger partial charge on any atom is 0.0498 e. The van der Waals surface area contributed by atoms with Gasteiger partial charge in [0.25, 0.3) is 0 Å². The number of hydrogen-bond acceptors (Lipinski definition) is 3. The molecule has 2 aromatic rings. The van der Waals surface area contributed by atoms with Crippen molar-refractivity contribution in [2.45, 2.75) is 36.9 Å². The normalized spacial score (nSPS) is 22.3. The number of para-hydroxylation sites is 1. The Labute approximate surface area is 141 Å². The summed E-state index contributed by atoms with van der Waals surface area (Å²) in [5, 5.41) is 3.66. The molecule has 1 saturated heterocycles. The predicted molar refractivity (Wildman–Crippen MR) is 97.3 cm³/mol. The lowest BCUT2D eigenvalue weighted by Gasteiger charge is -2.23. The second-order valence-corrected chi connectivity index (χ2v) is 7.63. The lowest BCUT2D eigenvalue weighted by Crippen LogP contribution is -2.32. The summed E-state index contributed by atoms with van der Waals surface area (Å²) in [6.45, 7) is 4.19. The summed E-state index contributed by atoms with van der Waals surface area (Å²) in [5.74, 6) is 0. The van der Waals surface area contributed by atoms with E-state index in [9.17, 15) is 4.21 Å². The van der Waals surface area contributed by atoms with E-state index in [1.165, 1.54) is 11.3 Å². The van der Waals surface area contributed by atoms with Crippen molar-refractivity contribution in [3.05, 3.63) is 60.2 Å². The third-order valence-corrected chi connectivity index (χ3v) is 5.45. The zero-order valence-electron chi connectivity index (χ0n) is 13.7. The van der Waals surface area contributed by atoms with Gasteiger partial charge in [0.15, 0.2) is 0 Å². The van der Waals surface area contributed by atoms with Crippen LogP contribution in [0.1, 0.15) is 18.9 Å². The lowest BCUT2D eigenvalue weighted by atomic mass is 10.1. The summed E-state index contributed by atoms with van der Waals surface area (Å²) in [7, 11) is -0.901. The van der Waals surface area contributed by atoms with Crippen LogP contribution in [0, 0.1) is 0 Å². The van der Waals surface area contributed by atoms with Gasteiger partial charge in [-0.1, -0.05) is 30.3 Å². The van der Waals surface area contributed by atoms with E-state index in [-0.39, 0.29) is 0 Å². The average molecular weight is 328 g/mol. The van der Waals surface area contributed by atoms with Crippen LogP contribution in [0.3, 0.4) is 0 Å². The van der Waals surface area contributed by atoms with Crippen molar-refractivity contribution >= 4 is 16.5 Å². The lowest BCUT2D eigenvalue weighted by molar-refractivity contribution is 0.538. The fraction of sp³-hybridized carbons (Fsp3) is 0.368. The van der Waals surface area contributed by atoms with Gasteiger partial charge in [0, 0.05) is 52.8 Å². The molecule has 3 nitrogen and oxygen atoms in total. The van der Waals surface area contributed by atoms with Gasteiger partial charge in [0.1, 0.15) is 0 Å². The van der Waals surface area contributed by atoms with Gasteiger partial charge in [-0.05, 0) is 43.2 Å². The van der Waals surface area contributed by atoms with Crippen LogP contribution in [0.4, 0.5) is 5.69 Å². The Hall–Kier alpha value is -1.65. The van der Waals surface area contributed by atoms with E-state index in [1.54, 1.807) is 6.26 Å². The van der Waals surface area contributed by atoms with Crippen LogP contribution in [0.15, 0.2) is 59.5 Å². The molecule has 0 radical (unpaired) electrons. The van der Waals surface area contributed by atoms with Crippen molar-refractivity contribution in [1.29, 1.82) is 0 Å². The minimum Gasteiger partial charge on any atom is -0.367 e. The molecule has 2 aromatic carbocycles. The van der Waals surface area contributed by atoms with Gasteiger partial charge < -0.3 is 10.2 Å². The highest BCUT2D eigenvalue weighted by Gasteiger charge is 2.28. The van der Waals surface area contributed by atoms with E-state index in [0.29, 0.717) is 12.1 Å². The summed E-state index contributed by atoms with van der Waals surface area (Å²) in [5.41, 5.74) is 2.55. The molecule has 0 aliphatic carbocycles. The fourth-order valence-corrected chi connectivity index (χ4v) is 3.74.